The van der Waals surface area contributed by atoms with E-state index >= 15 is 0 Å². The second-order valence-electron chi connectivity index (χ2n) is 7.67. The number of fused-ring (bicyclic) bond motifs is 1. The molecule has 0 unspecified atom stereocenters. The van der Waals surface area contributed by atoms with Gasteiger partial charge in [0.05, 0.1) is 0 Å². The molecular formula is C24H19FN4O2. The maximum atomic E-state index is 13.4. The van der Waals surface area contributed by atoms with E-state index in [1.54, 1.807) is 6.20 Å². The van der Waals surface area contributed by atoms with Gasteiger partial charge in [-0.3, -0.25) is 9.59 Å². The molecule has 1 saturated carbocycles. The molecule has 2 aliphatic carbocycles. The molecule has 6 nitrogen and oxygen atoms in total. The van der Waals surface area contributed by atoms with Crippen LogP contribution in [0.3, 0.4) is 0 Å². The summed E-state index contributed by atoms with van der Waals surface area (Å²) in [6, 6.07) is 12.1. The van der Waals surface area contributed by atoms with Gasteiger partial charge in [0.25, 0.3) is 5.91 Å². The van der Waals surface area contributed by atoms with Crippen LogP contribution < -0.4 is 10.6 Å². The Morgan fingerprint density at radius 2 is 1.84 bits per heavy atom. The van der Waals surface area contributed by atoms with Crippen LogP contribution in [0.25, 0.3) is 5.57 Å². The van der Waals surface area contributed by atoms with Crippen LogP contribution in [0, 0.1) is 11.9 Å². The number of hydrogen-bond donors (Lipinski definition) is 2. The quantitative estimate of drug-likeness (QED) is 0.613. The van der Waals surface area contributed by atoms with E-state index in [0.717, 1.165) is 41.2 Å². The van der Waals surface area contributed by atoms with E-state index in [-0.39, 0.29) is 17.4 Å². The predicted molar refractivity (Wildman–Crippen MR) is 115 cm³/mol. The normalized spacial score (nSPS) is 14.5. The van der Waals surface area contributed by atoms with E-state index in [1.165, 1.54) is 12.3 Å². The molecule has 0 atom stereocenters. The summed E-state index contributed by atoms with van der Waals surface area (Å²) in [5.74, 6) is -0.429. The van der Waals surface area contributed by atoms with Crippen LogP contribution in [0.15, 0.2) is 60.9 Å². The fourth-order valence-corrected chi connectivity index (χ4v) is 3.74. The molecule has 2 N–H and O–H groups in total. The van der Waals surface area contributed by atoms with Crippen molar-refractivity contribution in [1.82, 2.24) is 9.97 Å². The van der Waals surface area contributed by atoms with E-state index in [1.807, 2.05) is 30.3 Å². The van der Waals surface area contributed by atoms with Gasteiger partial charge in [0.15, 0.2) is 0 Å². The first kappa shape index (κ1) is 19.1. The highest BCUT2D eigenvalue weighted by Gasteiger charge is 2.30. The number of halogens is 1. The topological polar surface area (TPSA) is 84.0 Å². The lowest BCUT2D eigenvalue weighted by molar-refractivity contribution is -0.117. The van der Waals surface area contributed by atoms with Crippen molar-refractivity contribution in [3.8, 4) is 0 Å². The zero-order valence-electron chi connectivity index (χ0n) is 16.6. The molecule has 2 heterocycles. The molecule has 1 fully saturated rings. The van der Waals surface area contributed by atoms with Gasteiger partial charge in [-0.15, -0.1) is 0 Å². The van der Waals surface area contributed by atoms with Crippen molar-refractivity contribution in [1.29, 1.82) is 0 Å². The maximum Gasteiger partial charge on any atom is 0.255 e. The Bertz CT molecular complexity index is 1230. The number of carbonyl (C=O) groups is 2. The average molecular weight is 414 g/mol. The molecule has 2 aliphatic rings. The van der Waals surface area contributed by atoms with Crippen molar-refractivity contribution in [3.63, 3.8) is 0 Å². The van der Waals surface area contributed by atoms with Gasteiger partial charge in [0.2, 0.25) is 11.9 Å². The fraction of sp³-hybridized carbons (Fsp3) is 0.167. The first-order valence-corrected chi connectivity index (χ1v) is 10.1. The Kier molecular flexibility index (Phi) is 4.78. The zero-order valence-corrected chi connectivity index (χ0v) is 16.6. The van der Waals surface area contributed by atoms with Crippen LogP contribution in [0.4, 0.5) is 15.9 Å². The highest BCUT2D eigenvalue weighted by Crippen LogP contribution is 2.37. The molecule has 3 aromatic rings. The summed E-state index contributed by atoms with van der Waals surface area (Å²) in [6.45, 7) is 0. The molecule has 154 valence electrons. The van der Waals surface area contributed by atoms with Crippen molar-refractivity contribution in [2.24, 2.45) is 5.92 Å². The Morgan fingerprint density at radius 3 is 2.65 bits per heavy atom. The van der Waals surface area contributed by atoms with Gasteiger partial charge >= 0.3 is 0 Å². The predicted octanol–water partition coefficient (Wildman–Crippen LogP) is 4.20. The van der Waals surface area contributed by atoms with E-state index in [2.05, 4.69) is 26.7 Å². The maximum absolute atomic E-state index is 13.4. The lowest BCUT2D eigenvalue weighted by Crippen LogP contribution is -2.14. The van der Waals surface area contributed by atoms with Crippen LogP contribution in [-0.4, -0.2) is 21.8 Å². The van der Waals surface area contributed by atoms with Gasteiger partial charge in [-0.2, -0.15) is 4.39 Å². The summed E-state index contributed by atoms with van der Waals surface area (Å²) in [6.07, 6.45) is 7.56. The zero-order chi connectivity index (χ0) is 21.4. The van der Waals surface area contributed by atoms with E-state index in [9.17, 15) is 14.0 Å². The third kappa shape index (κ3) is 3.94. The number of carbonyl (C=O) groups excluding carboxylic acids is 2. The molecule has 0 aliphatic heterocycles. The first-order chi connectivity index (χ1) is 15.1. The number of pyridine rings is 2. The number of nitrogens with zero attached hydrogens (tertiary/aromatic N) is 2. The third-order valence-electron chi connectivity index (χ3n) is 5.48. The smallest absolute Gasteiger partial charge is 0.255 e. The number of aromatic nitrogens is 2. The minimum atomic E-state index is -0.697. The van der Waals surface area contributed by atoms with Crippen LogP contribution >= 0.6 is 0 Å². The molecule has 2 amide bonds. The molecular weight excluding hydrogens is 395 g/mol. The SMILES string of the molecule is O=C(Nc1cccc2c1CC=C2c1ccnc(NC(=O)C2CC2)c1)c1ccnc(F)c1. The fourth-order valence-electron chi connectivity index (χ4n) is 3.74. The number of allylic oxidation sites excluding steroid dienone is 1. The number of hydrogen-bond acceptors (Lipinski definition) is 4. The molecule has 7 heteroatoms. The van der Waals surface area contributed by atoms with E-state index in [0.29, 0.717) is 17.9 Å². The van der Waals surface area contributed by atoms with Gasteiger partial charge in [-0.05, 0) is 65.8 Å². The van der Waals surface area contributed by atoms with Gasteiger partial charge < -0.3 is 10.6 Å². The van der Waals surface area contributed by atoms with Gasteiger partial charge in [-0.25, -0.2) is 9.97 Å². The second kappa shape index (κ2) is 7.75. The monoisotopic (exact) mass is 414 g/mol. The van der Waals surface area contributed by atoms with Crippen LogP contribution in [0.2, 0.25) is 0 Å². The molecule has 1 aromatic carbocycles. The van der Waals surface area contributed by atoms with Crippen molar-refractivity contribution in [3.05, 3.63) is 89.1 Å². The lowest BCUT2D eigenvalue weighted by atomic mass is 9.99. The summed E-state index contributed by atoms with van der Waals surface area (Å²) in [5, 5.41) is 5.76. The number of rotatable bonds is 5. The summed E-state index contributed by atoms with van der Waals surface area (Å²) in [5.41, 5.74) is 4.85. The third-order valence-corrected chi connectivity index (χ3v) is 5.48. The number of nitrogens with one attached hydrogen (secondary N) is 2. The summed E-state index contributed by atoms with van der Waals surface area (Å²) in [4.78, 5) is 32.4. The first-order valence-electron chi connectivity index (χ1n) is 10.1. The summed E-state index contributed by atoms with van der Waals surface area (Å²) >= 11 is 0. The average Bonchev–Trinajstić information content (AvgIpc) is 3.53. The highest BCUT2D eigenvalue weighted by molar-refractivity contribution is 6.05. The second-order valence-corrected chi connectivity index (χ2v) is 7.67. The van der Waals surface area contributed by atoms with Gasteiger partial charge in [0.1, 0.15) is 5.82 Å². The van der Waals surface area contributed by atoms with Crippen LogP contribution in [0.5, 0.6) is 0 Å². The Morgan fingerprint density at radius 1 is 1.00 bits per heavy atom. The molecule has 0 saturated heterocycles. The van der Waals surface area contributed by atoms with Crippen LogP contribution in [-0.2, 0) is 11.2 Å². The van der Waals surface area contributed by atoms with Gasteiger partial charge in [-0.1, -0.05) is 18.2 Å². The Labute approximate surface area is 178 Å². The van der Waals surface area contributed by atoms with E-state index < -0.39 is 11.9 Å². The number of benzene rings is 1. The van der Waals surface area contributed by atoms with Crippen LogP contribution in [0.1, 0.15) is 39.9 Å². The standard InChI is InChI=1S/C24H19FN4O2/c25-21-12-16(9-10-26-21)24(31)28-20-3-1-2-18-17(6-7-19(18)20)15-8-11-27-22(13-15)29-23(30)14-4-5-14/h1-3,6,8-14H,4-5,7H2,(H,28,31)(H,27,29,30). The highest BCUT2D eigenvalue weighted by atomic mass is 19.1. The minimum absolute atomic E-state index is 0.0167. The molecule has 2 aromatic heterocycles. The Balaban J connectivity index is 1.39. The largest absolute Gasteiger partial charge is 0.322 e. The molecule has 0 radical (unpaired) electrons. The molecule has 0 bridgehead atoms. The molecule has 5 rings (SSSR count). The minimum Gasteiger partial charge on any atom is -0.322 e. The number of amides is 2. The lowest BCUT2D eigenvalue weighted by Gasteiger charge is -2.13. The molecule has 31 heavy (non-hydrogen) atoms. The van der Waals surface area contributed by atoms with Crippen molar-refractivity contribution >= 4 is 28.9 Å². The Hall–Kier alpha value is -3.87. The van der Waals surface area contributed by atoms with E-state index in [4.69, 9.17) is 0 Å². The van der Waals surface area contributed by atoms with Gasteiger partial charge in [0, 0.05) is 35.6 Å². The van der Waals surface area contributed by atoms with Crippen molar-refractivity contribution in [2.45, 2.75) is 19.3 Å². The van der Waals surface area contributed by atoms with Crippen molar-refractivity contribution < 1.29 is 14.0 Å². The number of anilines is 2. The molecule has 0 spiro atoms. The van der Waals surface area contributed by atoms with Crippen molar-refractivity contribution in [2.75, 3.05) is 10.6 Å². The summed E-state index contributed by atoms with van der Waals surface area (Å²) < 4.78 is 13.4. The summed E-state index contributed by atoms with van der Waals surface area (Å²) in [7, 11) is 0.